The van der Waals surface area contributed by atoms with Crippen molar-refractivity contribution in [3.63, 3.8) is 0 Å². The third-order valence-corrected chi connectivity index (χ3v) is 6.29. The largest absolute Gasteiger partial charge is 0.350 e. The fraction of sp³-hybridized carbons (Fsp3) is 0.450. The van der Waals surface area contributed by atoms with E-state index in [0.29, 0.717) is 21.7 Å². The van der Waals surface area contributed by atoms with Gasteiger partial charge in [-0.05, 0) is 31.2 Å². The number of hydrogen-bond acceptors (Lipinski definition) is 4. The molecule has 1 unspecified atom stereocenters. The lowest BCUT2D eigenvalue weighted by Crippen LogP contribution is -2.46. The van der Waals surface area contributed by atoms with Crippen LogP contribution >= 0.6 is 24.0 Å². The Labute approximate surface area is 164 Å². The summed E-state index contributed by atoms with van der Waals surface area (Å²) in [5.41, 5.74) is 1.02. The van der Waals surface area contributed by atoms with Gasteiger partial charge in [0.05, 0.1) is 4.91 Å². The summed E-state index contributed by atoms with van der Waals surface area (Å²) in [7, 11) is 0. The summed E-state index contributed by atoms with van der Waals surface area (Å²) in [5, 5.41) is 2.89. The van der Waals surface area contributed by atoms with Crippen LogP contribution in [0.1, 0.15) is 44.6 Å². The predicted octanol–water partition coefficient (Wildman–Crippen LogP) is 4.02. The molecule has 1 saturated carbocycles. The van der Waals surface area contributed by atoms with Crippen LogP contribution in [0.25, 0.3) is 0 Å². The quantitative estimate of drug-likeness (QED) is 0.611. The summed E-state index contributed by atoms with van der Waals surface area (Å²) in [5.74, 6) is 0.136. The molecule has 6 heteroatoms. The number of nitrogens with zero attached hydrogens (tertiary/aromatic N) is 1. The van der Waals surface area contributed by atoms with Crippen LogP contribution in [0.4, 0.5) is 0 Å². The van der Waals surface area contributed by atoms with Gasteiger partial charge in [-0.1, -0.05) is 79.7 Å². The third-order valence-electron chi connectivity index (χ3n) is 4.94. The van der Waals surface area contributed by atoms with Crippen molar-refractivity contribution >= 4 is 40.1 Å². The number of hydrogen-bond donors (Lipinski definition) is 1. The van der Waals surface area contributed by atoms with Gasteiger partial charge >= 0.3 is 0 Å². The van der Waals surface area contributed by atoms with E-state index < -0.39 is 6.04 Å². The Hall–Kier alpha value is -1.66. The topological polar surface area (TPSA) is 49.4 Å². The van der Waals surface area contributed by atoms with Crippen LogP contribution in [0.2, 0.25) is 0 Å². The van der Waals surface area contributed by atoms with Crippen LogP contribution in [0.5, 0.6) is 0 Å². The summed E-state index contributed by atoms with van der Waals surface area (Å²) in [6.07, 6.45) is 8.07. The maximum absolute atomic E-state index is 12.8. The predicted molar refractivity (Wildman–Crippen MR) is 109 cm³/mol. The van der Waals surface area contributed by atoms with Crippen molar-refractivity contribution in [1.82, 2.24) is 10.2 Å². The van der Waals surface area contributed by atoms with Crippen LogP contribution in [0.15, 0.2) is 41.3 Å². The van der Waals surface area contributed by atoms with Crippen LogP contribution in [-0.2, 0) is 16.1 Å². The zero-order valence-corrected chi connectivity index (χ0v) is 16.6. The average molecular weight is 389 g/mol. The molecule has 1 saturated heterocycles. The van der Waals surface area contributed by atoms with E-state index >= 15 is 0 Å². The molecule has 2 fully saturated rings. The molecule has 1 aromatic rings. The molecule has 0 spiro atoms. The van der Waals surface area contributed by atoms with Crippen LogP contribution in [0, 0.1) is 5.92 Å². The van der Waals surface area contributed by atoms with E-state index in [2.05, 4.69) is 11.4 Å². The van der Waals surface area contributed by atoms with E-state index in [9.17, 15) is 9.59 Å². The van der Waals surface area contributed by atoms with Crippen molar-refractivity contribution in [3.05, 3.63) is 46.9 Å². The number of thioether (sulfide) groups is 1. The monoisotopic (exact) mass is 388 g/mol. The van der Waals surface area contributed by atoms with Crippen molar-refractivity contribution in [1.29, 1.82) is 0 Å². The highest BCUT2D eigenvalue weighted by Crippen LogP contribution is 2.36. The first-order valence-electron chi connectivity index (χ1n) is 9.15. The molecule has 0 aromatic heterocycles. The lowest BCUT2D eigenvalue weighted by atomic mass is 9.89. The Balaban J connectivity index is 1.62. The summed E-state index contributed by atoms with van der Waals surface area (Å²) in [6, 6.07) is 9.11. The molecule has 0 bridgehead atoms. The highest BCUT2D eigenvalue weighted by molar-refractivity contribution is 8.26. The third kappa shape index (κ3) is 4.54. The molecule has 138 valence electrons. The summed E-state index contributed by atoms with van der Waals surface area (Å²) >= 11 is 6.71. The van der Waals surface area contributed by atoms with Crippen LogP contribution < -0.4 is 5.32 Å². The Bertz CT molecular complexity index is 712. The molecular formula is C20H24N2O2S2. The number of nitrogens with one attached hydrogen (secondary N) is 1. The second kappa shape index (κ2) is 8.82. The maximum atomic E-state index is 12.8. The summed E-state index contributed by atoms with van der Waals surface area (Å²) in [6.45, 7) is 2.17. The molecule has 1 atom stereocenters. The number of allylic oxidation sites excluding steroid dienone is 1. The van der Waals surface area contributed by atoms with Crippen molar-refractivity contribution in [2.45, 2.75) is 51.6 Å². The number of rotatable bonds is 5. The van der Waals surface area contributed by atoms with Gasteiger partial charge in [-0.15, -0.1) is 0 Å². The first kappa shape index (κ1) is 19.1. The number of thiocarbonyl (C=S) groups is 1. The van der Waals surface area contributed by atoms with E-state index in [0.717, 1.165) is 18.4 Å². The van der Waals surface area contributed by atoms with Gasteiger partial charge in [0.1, 0.15) is 10.4 Å². The number of amides is 2. The first-order valence-corrected chi connectivity index (χ1v) is 10.4. The molecule has 1 aliphatic heterocycles. The van der Waals surface area contributed by atoms with Crippen molar-refractivity contribution in [2.75, 3.05) is 0 Å². The van der Waals surface area contributed by atoms with Crippen LogP contribution in [0.3, 0.4) is 0 Å². The van der Waals surface area contributed by atoms with Gasteiger partial charge in [0.25, 0.3) is 5.91 Å². The molecule has 1 N–H and O–H groups in total. The summed E-state index contributed by atoms with van der Waals surface area (Å²) in [4.78, 5) is 27.4. The molecule has 26 heavy (non-hydrogen) atoms. The number of carbonyl (C=O) groups excluding carboxylic acids is 2. The fourth-order valence-electron chi connectivity index (χ4n) is 3.39. The van der Waals surface area contributed by atoms with E-state index in [4.69, 9.17) is 12.2 Å². The second-order valence-electron chi connectivity index (χ2n) is 6.85. The van der Waals surface area contributed by atoms with Gasteiger partial charge in [-0.2, -0.15) is 0 Å². The Morgan fingerprint density at radius 3 is 2.69 bits per heavy atom. The normalized spacial score (nSPS) is 21.3. The van der Waals surface area contributed by atoms with Gasteiger partial charge < -0.3 is 5.32 Å². The maximum Gasteiger partial charge on any atom is 0.266 e. The molecule has 3 rings (SSSR count). The number of benzene rings is 1. The van der Waals surface area contributed by atoms with Crippen LogP contribution in [-0.4, -0.2) is 27.1 Å². The molecule has 0 radical (unpaired) electrons. The van der Waals surface area contributed by atoms with Crippen molar-refractivity contribution in [3.8, 4) is 0 Å². The van der Waals surface area contributed by atoms with E-state index in [1.807, 2.05) is 30.3 Å². The standard InChI is InChI=1S/C20H24N2O2S2/c1-14(18(23)21-13-16-10-6-3-7-11-16)22-19(24)17(26-20(22)25)12-15-8-4-2-5-9-15/h3,6-7,10-12,14-15H,2,4-5,8-9,13H2,1H3,(H,21,23)/b17-12-. The van der Waals surface area contributed by atoms with Gasteiger partial charge in [0.15, 0.2) is 0 Å². The van der Waals surface area contributed by atoms with Gasteiger partial charge in [-0.3, -0.25) is 14.5 Å². The Morgan fingerprint density at radius 1 is 1.31 bits per heavy atom. The average Bonchev–Trinajstić information content (AvgIpc) is 2.94. The Morgan fingerprint density at radius 2 is 2.00 bits per heavy atom. The molecule has 4 nitrogen and oxygen atoms in total. The highest BCUT2D eigenvalue weighted by Gasteiger charge is 2.38. The van der Waals surface area contributed by atoms with Gasteiger partial charge in [-0.25, -0.2) is 0 Å². The lowest BCUT2D eigenvalue weighted by Gasteiger charge is -2.22. The molecule has 1 heterocycles. The minimum Gasteiger partial charge on any atom is -0.350 e. The van der Waals surface area contributed by atoms with E-state index in [-0.39, 0.29) is 11.8 Å². The molecule has 2 amide bonds. The molecule has 2 aliphatic rings. The summed E-state index contributed by atoms with van der Waals surface area (Å²) < 4.78 is 0.472. The zero-order valence-electron chi connectivity index (χ0n) is 14.9. The van der Waals surface area contributed by atoms with E-state index in [1.165, 1.54) is 35.9 Å². The first-order chi connectivity index (χ1) is 12.6. The number of carbonyl (C=O) groups is 2. The van der Waals surface area contributed by atoms with Gasteiger partial charge in [0.2, 0.25) is 5.91 Å². The van der Waals surface area contributed by atoms with E-state index in [1.54, 1.807) is 6.92 Å². The smallest absolute Gasteiger partial charge is 0.266 e. The Kier molecular flexibility index (Phi) is 6.48. The minimum absolute atomic E-state index is 0.132. The van der Waals surface area contributed by atoms with Crippen molar-refractivity contribution in [2.24, 2.45) is 5.92 Å². The molecule has 1 aromatic carbocycles. The fourth-order valence-corrected chi connectivity index (χ4v) is 4.88. The zero-order chi connectivity index (χ0) is 18.5. The van der Waals surface area contributed by atoms with Crippen molar-refractivity contribution < 1.29 is 9.59 Å². The molecule has 1 aliphatic carbocycles. The SMILES string of the molecule is CC(C(=O)NCc1ccccc1)N1C(=O)/C(=C/C2CCCCC2)SC1=S. The van der Waals surface area contributed by atoms with Gasteiger partial charge in [0, 0.05) is 6.54 Å². The second-order valence-corrected chi connectivity index (χ2v) is 8.53. The lowest BCUT2D eigenvalue weighted by molar-refractivity contribution is -0.132. The highest BCUT2D eigenvalue weighted by atomic mass is 32.2. The minimum atomic E-state index is -0.608. The molecular weight excluding hydrogens is 364 g/mol.